The minimum atomic E-state index is -0.368. The Morgan fingerprint density at radius 2 is 1.80 bits per heavy atom. The number of benzene rings is 2. The van der Waals surface area contributed by atoms with Crippen LogP contribution in [0.15, 0.2) is 79.1 Å². The van der Waals surface area contributed by atoms with E-state index in [0.29, 0.717) is 18.1 Å². The molecule has 0 spiro atoms. The topological polar surface area (TPSA) is 93.8 Å². The zero-order valence-electron chi connectivity index (χ0n) is 16.3. The van der Waals surface area contributed by atoms with Crippen LogP contribution in [-0.4, -0.2) is 31.4 Å². The number of nitrogens with zero attached hydrogens (tertiary/aromatic N) is 4. The fourth-order valence-corrected chi connectivity index (χ4v) is 3.05. The minimum Gasteiger partial charge on any atom is -0.321 e. The smallest absolute Gasteiger partial charge is 0.276 e. The number of rotatable bonds is 6. The summed E-state index contributed by atoms with van der Waals surface area (Å²) in [5.74, 6) is -0.191. The maximum Gasteiger partial charge on any atom is 0.276 e. The lowest BCUT2D eigenvalue weighted by atomic mass is 10.2. The van der Waals surface area contributed by atoms with Crippen molar-refractivity contribution in [2.24, 2.45) is 0 Å². The Morgan fingerprint density at radius 3 is 2.53 bits per heavy atom. The molecule has 4 aromatic rings. The lowest BCUT2D eigenvalue weighted by molar-refractivity contribution is -0.114. The van der Waals surface area contributed by atoms with Crippen molar-refractivity contribution in [2.45, 2.75) is 13.5 Å². The summed E-state index contributed by atoms with van der Waals surface area (Å²) in [6, 6.07) is 20.3. The fraction of sp³-hybridized carbons (Fsp3) is 0.0909. The molecule has 0 aliphatic heterocycles. The Bertz CT molecular complexity index is 1170. The Balaban J connectivity index is 1.56. The minimum absolute atomic E-state index is 0.195. The van der Waals surface area contributed by atoms with E-state index in [-0.39, 0.29) is 17.5 Å². The van der Waals surface area contributed by atoms with E-state index in [0.717, 1.165) is 11.3 Å². The van der Waals surface area contributed by atoms with Gasteiger partial charge in [-0.05, 0) is 35.9 Å². The summed E-state index contributed by atoms with van der Waals surface area (Å²) in [5, 5.41) is 14.2. The number of carbonyl (C=O) groups excluding carboxylic acids is 2. The molecular weight excluding hydrogens is 380 g/mol. The summed E-state index contributed by atoms with van der Waals surface area (Å²) in [5.41, 5.74) is 2.59. The summed E-state index contributed by atoms with van der Waals surface area (Å²) >= 11 is 0. The van der Waals surface area contributed by atoms with Gasteiger partial charge in [0.15, 0.2) is 5.69 Å². The molecule has 0 saturated heterocycles. The van der Waals surface area contributed by atoms with Crippen LogP contribution < -0.4 is 10.6 Å². The van der Waals surface area contributed by atoms with E-state index in [1.807, 2.05) is 71.5 Å². The van der Waals surface area contributed by atoms with E-state index in [1.165, 1.54) is 11.6 Å². The van der Waals surface area contributed by atoms with E-state index >= 15 is 0 Å². The summed E-state index contributed by atoms with van der Waals surface area (Å²) in [4.78, 5) is 24.4. The second-order valence-electron chi connectivity index (χ2n) is 6.70. The van der Waals surface area contributed by atoms with Gasteiger partial charge in [0.1, 0.15) is 5.82 Å². The molecule has 0 aliphatic rings. The normalized spacial score (nSPS) is 10.6. The van der Waals surface area contributed by atoms with Gasteiger partial charge in [-0.2, -0.15) is 10.2 Å². The van der Waals surface area contributed by atoms with E-state index < -0.39 is 0 Å². The van der Waals surface area contributed by atoms with Crippen LogP contribution in [0.5, 0.6) is 0 Å². The third-order valence-electron chi connectivity index (χ3n) is 4.34. The number of nitrogens with one attached hydrogen (secondary N) is 2. The second-order valence-corrected chi connectivity index (χ2v) is 6.70. The van der Waals surface area contributed by atoms with Gasteiger partial charge < -0.3 is 10.6 Å². The molecule has 0 saturated carbocycles. The van der Waals surface area contributed by atoms with Gasteiger partial charge in [0.05, 0.1) is 12.2 Å². The van der Waals surface area contributed by atoms with Gasteiger partial charge in [-0.25, -0.2) is 4.68 Å². The van der Waals surface area contributed by atoms with Gasteiger partial charge in [0.2, 0.25) is 5.91 Å². The van der Waals surface area contributed by atoms with Crippen molar-refractivity contribution in [3.63, 3.8) is 0 Å². The van der Waals surface area contributed by atoms with E-state index in [1.54, 1.807) is 12.3 Å². The van der Waals surface area contributed by atoms with Crippen LogP contribution in [-0.2, 0) is 11.3 Å². The zero-order valence-corrected chi connectivity index (χ0v) is 16.3. The Morgan fingerprint density at radius 1 is 0.967 bits per heavy atom. The summed E-state index contributed by atoms with van der Waals surface area (Å²) in [7, 11) is 0. The van der Waals surface area contributed by atoms with Crippen LogP contribution in [0.3, 0.4) is 0 Å². The van der Waals surface area contributed by atoms with Gasteiger partial charge in [-0.15, -0.1) is 0 Å². The molecule has 0 radical (unpaired) electrons. The first-order valence-corrected chi connectivity index (χ1v) is 9.39. The molecule has 4 rings (SSSR count). The van der Waals surface area contributed by atoms with Crippen LogP contribution in [0.2, 0.25) is 0 Å². The molecule has 2 aromatic carbocycles. The van der Waals surface area contributed by atoms with Crippen molar-refractivity contribution in [1.29, 1.82) is 0 Å². The summed E-state index contributed by atoms with van der Waals surface area (Å²) in [6.45, 7) is 2.01. The Kier molecular flexibility index (Phi) is 5.38. The van der Waals surface area contributed by atoms with Gasteiger partial charge in [0, 0.05) is 31.1 Å². The highest BCUT2D eigenvalue weighted by Crippen LogP contribution is 2.19. The van der Waals surface area contributed by atoms with Gasteiger partial charge in [-0.1, -0.05) is 30.3 Å². The Labute approximate surface area is 173 Å². The predicted octanol–water partition coefficient (Wildman–Crippen LogP) is 3.33. The molecule has 0 fully saturated rings. The molecule has 150 valence electrons. The molecule has 8 nitrogen and oxygen atoms in total. The number of hydrogen-bond acceptors (Lipinski definition) is 4. The quantitative estimate of drug-likeness (QED) is 0.519. The molecule has 30 heavy (non-hydrogen) atoms. The molecule has 2 N–H and O–H groups in total. The molecule has 0 bridgehead atoms. The Hall–Kier alpha value is -4.20. The molecule has 2 amide bonds. The number of amides is 2. The van der Waals surface area contributed by atoms with Crippen LogP contribution in [0.4, 0.5) is 11.5 Å². The lowest BCUT2D eigenvalue weighted by Gasteiger charge is -2.07. The second kappa shape index (κ2) is 8.44. The predicted molar refractivity (Wildman–Crippen MR) is 114 cm³/mol. The maximum absolute atomic E-state index is 12.8. The number of para-hydroxylation sites is 1. The molecule has 0 aliphatic carbocycles. The van der Waals surface area contributed by atoms with Crippen LogP contribution >= 0.6 is 0 Å². The first kappa shape index (κ1) is 19.1. The number of aromatic nitrogens is 4. The highest BCUT2D eigenvalue weighted by molar-refractivity contribution is 6.04. The number of hydrogen-bond donors (Lipinski definition) is 2. The molecule has 2 heterocycles. The third-order valence-corrected chi connectivity index (χ3v) is 4.34. The summed E-state index contributed by atoms with van der Waals surface area (Å²) in [6.07, 6.45) is 3.60. The summed E-state index contributed by atoms with van der Waals surface area (Å²) < 4.78 is 3.34. The monoisotopic (exact) mass is 400 g/mol. The van der Waals surface area contributed by atoms with Crippen molar-refractivity contribution in [3.8, 4) is 5.69 Å². The van der Waals surface area contributed by atoms with Crippen molar-refractivity contribution in [1.82, 2.24) is 19.6 Å². The maximum atomic E-state index is 12.8. The molecule has 0 unspecified atom stereocenters. The SMILES string of the molecule is CC(=O)Nc1cc(C(=O)Nc2cccc(Cn3cccn3)c2)nn1-c1ccccc1. The first-order chi connectivity index (χ1) is 14.6. The molecule has 8 heteroatoms. The van der Waals surface area contributed by atoms with Gasteiger partial charge in [0.25, 0.3) is 5.91 Å². The van der Waals surface area contributed by atoms with Crippen LogP contribution in [0.1, 0.15) is 23.0 Å². The molecular formula is C22H20N6O2. The van der Waals surface area contributed by atoms with Crippen molar-refractivity contribution >= 4 is 23.3 Å². The standard InChI is InChI=1S/C22H20N6O2/c1-16(29)24-21-14-20(26-28(21)19-9-3-2-4-10-19)22(30)25-18-8-5-7-17(13-18)15-27-12-6-11-23-27/h2-14H,15H2,1H3,(H,24,29)(H,25,30). The molecule has 2 aromatic heterocycles. The zero-order chi connectivity index (χ0) is 20.9. The van der Waals surface area contributed by atoms with Crippen molar-refractivity contribution < 1.29 is 9.59 Å². The first-order valence-electron chi connectivity index (χ1n) is 9.39. The fourth-order valence-electron chi connectivity index (χ4n) is 3.05. The lowest BCUT2D eigenvalue weighted by Crippen LogP contribution is -2.13. The number of anilines is 2. The third kappa shape index (κ3) is 4.44. The van der Waals surface area contributed by atoms with Gasteiger partial charge in [-0.3, -0.25) is 14.3 Å². The van der Waals surface area contributed by atoms with E-state index in [4.69, 9.17) is 0 Å². The average Bonchev–Trinajstić information content (AvgIpc) is 3.38. The van der Waals surface area contributed by atoms with Crippen LogP contribution in [0.25, 0.3) is 5.69 Å². The van der Waals surface area contributed by atoms with Crippen molar-refractivity contribution in [3.05, 3.63) is 90.4 Å². The van der Waals surface area contributed by atoms with Gasteiger partial charge >= 0.3 is 0 Å². The molecule has 0 atom stereocenters. The van der Waals surface area contributed by atoms with E-state index in [2.05, 4.69) is 20.8 Å². The number of carbonyl (C=O) groups is 2. The van der Waals surface area contributed by atoms with E-state index in [9.17, 15) is 9.59 Å². The van der Waals surface area contributed by atoms with Crippen molar-refractivity contribution in [2.75, 3.05) is 10.6 Å². The highest BCUT2D eigenvalue weighted by atomic mass is 16.2. The largest absolute Gasteiger partial charge is 0.321 e. The average molecular weight is 400 g/mol. The van der Waals surface area contributed by atoms with Crippen LogP contribution in [0, 0.1) is 0 Å². The highest BCUT2D eigenvalue weighted by Gasteiger charge is 2.16.